The van der Waals surface area contributed by atoms with Gasteiger partial charge in [0.15, 0.2) is 11.8 Å². The lowest BCUT2D eigenvalue weighted by molar-refractivity contribution is -0.145. The number of benzene rings is 6. The molecule has 1 fully saturated rings. The molecule has 29 heteroatoms. The summed E-state index contributed by atoms with van der Waals surface area (Å²) in [4.78, 5) is 157. The van der Waals surface area contributed by atoms with Crippen LogP contribution in [0.5, 0.6) is 5.75 Å². The van der Waals surface area contributed by atoms with Crippen molar-refractivity contribution in [1.29, 1.82) is 0 Å². The number of aliphatic hydroxyl groups is 2. The van der Waals surface area contributed by atoms with E-state index in [4.69, 9.17) is 9.47 Å². The number of carbonyl (C=O) groups excluding carboxylic acids is 10. The van der Waals surface area contributed by atoms with E-state index in [1.165, 1.54) is 19.1 Å². The van der Waals surface area contributed by atoms with Gasteiger partial charge in [-0.05, 0) is 150 Å². The number of alkyl carbamates (subject to hydrolysis) is 2. The van der Waals surface area contributed by atoms with Gasteiger partial charge in [-0.15, -0.1) is 11.8 Å². The molecule has 6 aromatic rings. The number of hydrogen-bond acceptors (Lipinski definition) is 19. The lowest BCUT2D eigenvalue weighted by Crippen LogP contribution is -2.62. The Morgan fingerprint density at radius 2 is 1.16 bits per heavy atom. The number of rotatable bonds is 28. The lowest BCUT2D eigenvalue weighted by atomic mass is 9.84. The number of fused-ring (bicyclic) bond motifs is 1. The number of allylic oxidation sites excluding steroid dienone is 1. The van der Waals surface area contributed by atoms with Crippen molar-refractivity contribution < 1.29 is 82.6 Å². The number of hydrogen-bond donors (Lipinski definition) is 13. The fourth-order valence-electron chi connectivity index (χ4n) is 12.9. The second-order valence-electron chi connectivity index (χ2n) is 29.9. The van der Waals surface area contributed by atoms with Crippen LogP contribution in [-0.2, 0) is 83.2 Å². The zero-order chi connectivity index (χ0) is 82.0. The van der Waals surface area contributed by atoms with Gasteiger partial charge in [0.25, 0.3) is 0 Å². The van der Waals surface area contributed by atoms with E-state index in [1.54, 1.807) is 89.7 Å². The Morgan fingerprint density at radius 3 is 1.75 bits per heavy atom. The molecular formula is C84H103N9O17S3. The van der Waals surface area contributed by atoms with Crippen LogP contribution in [0, 0.1) is 5.92 Å². The Balaban J connectivity index is 1.10. The van der Waals surface area contributed by atoms with Gasteiger partial charge >= 0.3 is 18.2 Å². The third kappa shape index (κ3) is 27.3. The number of carboxylic acids is 1. The van der Waals surface area contributed by atoms with Crippen molar-refractivity contribution in [2.75, 3.05) is 23.8 Å². The first-order chi connectivity index (χ1) is 53.7. The number of thioether (sulfide) groups is 1. The largest absolute Gasteiger partial charge is 0.508 e. The van der Waals surface area contributed by atoms with Crippen molar-refractivity contribution in [3.63, 3.8) is 0 Å². The number of aliphatic carboxylic acids is 1. The smallest absolute Gasteiger partial charge is 0.408 e. The SMILES string of the molecule is C[C@@H](O)[C@H](NC(=O)[C@@H]1CSSC[C@H](NC(=O)C(Cc2ccc(CNC(=O)CCSC(c3ccccc3)(c3ccccc3)c3ccccc3)cc2)NC(=O)OC(C)(C)C)C(=O)C[C@@H](Cc2ccc(O)cc2)C(=O)N[C@H](CC2=CCc3ccccc32)C(=O)N[C@@H](CCCCNC(=O)OC(C)(C)C)C(=O)N[C@@H]([C@@H](C)O)C(=O)N1)C(=O)O. The highest BCUT2D eigenvalue weighted by atomic mass is 33.1. The average Bonchev–Trinajstić information content (AvgIpc) is 1.12. The van der Waals surface area contributed by atoms with Crippen LogP contribution in [0.15, 0.2) is 170 Å². The summed E-state index contributed by atoms with van der Waals surface area (Å²) in [6.45, 7) is 12.5. The van der Waals surface area contributed by atoms with Crippen molar-refractivity contribution in [3.8, 4) is 5.75 Å². The fraction of sp³-hybridized carbons (Fsp3) is 0.417. The molecule has 10 atom stereocenters. The number of carbonyl (C=O) groups is 11. The van der Waals surface area contributed by atoms with Gasteiger partial charge in [0, 0.05) is 61.9 Å². The molecule has 1 heterocycles. The number of carboxylic acid groups (broad SMARTS) is 1. The van der Waals surface area contributed by atoms with E-state index >= 15 is 19.2 Å². The van der Waals surface area contributed by atoms with Crippen LogP contribution in [-0.4, -0.2) is 175 Å². The monoisotopic (exact) mass is 1610 g/mol. The van der Waals surface area contributed by atoms with Gasteiger partial charge in [-0.3, -0.25) is 38.4 Å². The van der Waals surface area contributed by atoms with Gasteiger partial charge in [0.2, 0.25) is 41.4 Å². The Morgan fingerprint density at radius 1 is 0.602 bits per heavy atom. The molecule has 0 bridgehead atoms. The first-order valence-electron chi connectivity index (χ1n) is 37.6. The molecule has 0 radical (unpaired) electrons. The molecule has 1 unspecified atom stereocenters. The number of ketones is 1. The molecule has 2 aliphatic rings. The molecule has 13 N–H and O–H groups in total. The van der Waals surface area contributed by atoms with Crippen molar-refractivity contribution >= 4 is 104 Å². The zero-order valence-corrected chi connectivity index (χ0v) is 67.1. The average molecular weight is 1610 g/mol. The molecule has 604 valence electrons. The van der Waals surface area contributed by atoms with Gasteiger partial charge in [0.1, 0.15) is 47.2 Å². The first kappa shape index (κ1) is 88.4. The van der Waals surface area contributed by atoms with Crippen LogP contribution >= 0.6 is 33.3 Å². The van der Waals surface area contributed by atoms with E-state index in [2.05, 4.69) is 84.2 Å². The van der Waals surface area contributed by atoms with E-state index in [-0.39, 0.29) is 75.4 Å². The summed E-state index contributed by atoms with van der Waals surface area (Å²) in [5.41, 5.74) is 5.42. The van der Waals surface area contributed by atoms with Crippen LogP contribution < -0.4 is 47.9 Å². The third-order valence-electron chi connectivity index (χ3n) is 18.6. The minimum absolute atomic E-state index is 0.0684. The molecule has 6 aromatic carbocycles. The molecule has 26 nitrogen and oxygen atoms in total. The highest BCUT2D eigenvalue weighted by molar-refractivity contribution is 8.76. The molecule has 1 aliphatic heterocycles. The Bertz CT molecular complexity index is 4180. The predicted molar refractivity (Wildman–Crippen MR) is 435 cm³/mol. The molecule has 113 heavy (non-hydrogen) atoms. The maximum absolute atomic E-state index is 15.5. The number of unbranched alkanes of at least 4 members (excludes halogenated alkanes) is 1. The summed E-state index contributed by atoms with van der Waals surface area (Å²) in [6.07, 6.45) is -3.39. The molecule has 1 saturated heterocycles. The standard InChI is InChI=1S/C84H103N9O17S3/c1-51(94)71-78(104)90-68(77(103)93-72(52(2)95)79(105)106)50-113-112-49-67(69(97)47-58(44-53-35-39-62(96)40-36-53)73(99)88-66(46-57-38-37-56-22-18-19-29-63(56)57)76(102)87-64(74(100)92-71)30-20-21-42-85-80(107)109-82(3,4)5)89-75(101)65(91-81(108)110-83(6,7)8)45-54-31-33-55(34-32-54)48-86-70(98)41-43-111-84(59-23-12-9-13-24-59,60-25-14-10-15-26-60)61-27-16-11-17-28-61/h9-19,22-29,31-36,38-40,51-52,58,64-68,71-72,94-96H,20-21,30,37,41-50H2,1-8H3,(H,85,107)(H,86,98)(H,87,102)(H,88,99)(H,89,101)(H,90,104)(H,91,108)(H,92,100)(H,93,103)(H,105,106)/t51-,52-,58-,64+,65?,66-,67+,68+,71+,72+/m1/s1. The van der Waals surface area contributed by atoms with Crippen molar-refractivity contribution in [2.24, 2.45) is 5.92 Å². The quantitative estimate of drug-likeness (QED) is 0.0125. The van der Waals surface area contributed by atoms with E-state index in [0.29, 0.717) is 34.4 Å². The number of amides is 9. The normalized spacial score (nSPS) is 19.3. The number of phenols is 1. The minimum atomic E-state index is -1.90. The van der Waals surface area contributed by atoms with Crippen LogP contribution in [0.3, 0.4) is 0 Å². The van der Waals surface area contributed by atoms with Gasteiger partial charge < -0.3 is 77.8 Å². The number of aromatic hydroxyl groups is 1. The highest BCUT2D eigenvalue weighted by Crippen LogP contribution is 2.49. The summed E-state index contributed by atoms with van der Waals surface area (Å²) in [7, 11) is 1.77. The lowest BCUT2D eigenvalue weighted by Gasteiger charge is -2.35. The molecule has 0 aromatic heterocycles. The number of aliphatic hydroxyl groups excluding tert-OH is 2. The fourth-order valence-corrected chi connectivity index (χ4v) is 16.7. The van der Waals surface area contributed by atoms with E-state index in [9.17, 15) is 54.0 Å². The highest BCUT2D eigenvalue weighted by Gasteiger charge is 2.40. The first-order valence-corrected chi connectivity index (χ1v) is 41.1. The summed E-state index contributed by atoms with van der Waals surface area (Å²) >= 11 is 1.67. The van der Waals surface area contributed by atoms with Crippen LogP contribution in [0.2, 0.25) is 0 Å². The summed E-state index contributed by atoms with van der Waals surface area (Å²) in [5, 5.41) is 66.2. The van der Waals surface area contributed by atoms with Crippen molar-refractivity contribution in [3.05, 3.63) is 214 Å². The summed E-state index contributed by atoms with van der Waals surface area (Å²) in [5.74, 6) is -10.2. The van der Waals surface area contributed by atoms with E-state index in [0.717, 1.165) is 56.3 Å². The third-order valence-corrected chi connectivity index (χ3v) is 22.6. The van der Waals surface area contributed by atoms with Gasteiger partial charge in [-0.25, -0.2) is 14.4 Å². The van der Waals surface area contributed by atoms with Gasteiger partial charge in [-0.1, -0.05) is 179 Å². The molecule has 0 saturated carbocycles. The topological polar surface area (TPSA) is 395 Å². The van der Waals surface area contributed by atoms with Crippen molar-refractivity contribution in [1.82, 2.24) is 47.9 Å². The Hall–Kier alpha value is -10.2. The predicted octanol–water partition coefficient (Wildman–Crippen LogP) is 8.25. The minimum Gasteiger partial charge on any atom is -0.508 e. The Kier molecular flexibility index (Phi) is 32.9. The van der Waals surface area contributed by atoms with Crippen LogP contribution in [0.1, 0.15) is 138 Å². The summed E-state index contributed by atoms with van der Waals surface area (Å²) < 4.78 is 10.4. The molecular weight excluding hydrogens is 1500 g/mol. The van der Waals surface area contributed by atoms with Crippen LogP contribution in [0.4, 0.5) is 9.59 Å². The second-order valence-corrected chi connectivity index (χ2v) is 33.8. The molecule has 9 amide bonds. The number of ether oxygens (including phenoxy) is 2. The number of Topliss-reactive ketones (excluding diaryl/α,β-unsaturated/α-hetero) is 1. The Labute approximate surface area is 670 Å². The maximum Gasteiger partial charge on any atom is 0.408 e. The van der Waals surface area contributed by atoms with Crippen LogP contribution in [0.25, 0.3) is 5.57 Å². The maximum atomic E-state index is 15.5. The van der Waals surface area contributed by atoms with Gasteiger partial charge in [0.05, 0.1) is 23.0 Å². The summed E-state index contributed by atoms with van der Waals surface area (Å²) in [6, 6.07) is 39.3. The number of phenolic OH excluding ortho intramolecular Hbond substituents is 1. The molecule has 0 spiro atoms. The second kappa shape index (κ2) is 42.1. The zero-order valence-electron chi connectivity index (χ0n) is 64.7. The molecule has 8 rings (SSSR count). The molecule has 1 aliphatic carbocycles. The van der Waals surface area contributed by atoms with E-state index < -0.39 is 148 Å². The van der Waals surface area contributed by atoms with E-state index in [1.807, 2.05) is 84.9 Å². The number of nitrogens with one attached hydrogen (secondary N) is 9. The van der Waals surface area contributed by atoms with Crippen molar-refractivity contribution in [2.45, 2.75) is 190 Å². The van der Waals surface area contributed by atoms with Gasteiger partial charge in [-0.2, -0.15) is 0 Å².